The summed E-state index contributed by atoms with van der Waals surface area (Å²) in [5, 5.41) is 6.29. The zero-order valence-electron chi connectivity index (χ0n) is 28.6. The van der Waals surface area contributed by atoms with E-state index in [9.17, 15) is 9.59 Å². The molecule has 9 heteroatoms. The van der Waals surface area contributed by atoms with Gasteiger partial charge in [0, 0.05) is 12.7 Å². The highest BCUT2D eigenvalue weighted by atomic mass is 16.6. The SMILES string of the molecule is CC(C)(C)OC(=O)N[C@@H](CCCNc1nc2ncccc2n1C(c1ccccc1)(c1ccccc1)c1ccccc1)C(=O)OC(C)(C)C. The molecule has 0 saturated carbocycles. The number of esters is 1. The van der Waals surface area contributed by atoms with Crippen LogP contribution < -0.4 is 10.6 Å². The highest BCUT2D eigenvalue weighted by Crippen LogP contribution is 2.44. The number of carbonyl (C=O) groups excluding carboxylic acids is 2. The topological polar surface area (TPSA) is 107 Å². The highest BCUT2D eigenvalue weighted by molar-refractivity contribution is 5.82. The molecule has 250 valence electrons. The van der Waals surface area contributed by atoms with Gasteiger partial charge in [0.05, 0.1) is 5.52 Å². The Morgan fingerprint density at radius 2 is 1.25 bits per heavy atom. The molecule has 48 heavy (non-hydrogen) atoms. The molecule has 0 bridgehead atoms. The Morgan fingerprint density at radius 1 is 0.729 bits per heavy atom. The smallest absolute Gasteiger partial charge is 0.408 e. The number of nitrogens with zero attached hydrogens (tertiary/aromatic N) is 3. The predicted molar refractivity (Wildman–Crippen MR) is 189 cm³/mol. The summed E-state index contributed by atoms with van der Waals surface area (Å²) in [6, 6.07) is 34.3. The van der Waals surface area contributed by atoms with Gasteiger partial charge in [-0.2, -0.15) is 4.98 Å². The van der Waals surface area contributed by atoms with Crippen LogP contribution in [0.5, 0.6) is 0 Å². The Morgan fingerprint density at radius 3 is 1.75 bits per heavy atom. The number of hydrogen-bond acceptors (Lipinski definition) is 7. The molecule has 0 saturated heterocycles. The lowest BCUT2D eigenvalue weighted by molar-refractivity contribution is -0.157. The molecule has 5 rings (SSSR count). The molecule has 0 spiro atoms. The van der Waals surface area contributed by atoms with Gasteiger partial charge in [0.25, 0.3) is 0 Å². The summed E-state index contributed by atoms with van der Waals surface area (Å²) < 4.78 is 13.3. The maximum atomic E-state index is 13.2. The van der Waals surface area contributed by atoms with Crippen LogP contribution in [0, 0.1) is 0 Å². The minimum absolute atomic E-state index is 0.320. The third-order valence-electron chi connectivity index (χ3n) is 7.68. The van der Waals surface area contributed by atoms with Crippen LogP contribution in [0.25, 0.3) is 11.2 Å². The minimum Gasteiger partial charge on any atom is -0.458 e. The van der Waals surface area contributed by atoms with E-state index in [0.717, 1.165) is 22.2 Å². The second kappa shape index (κ2) is 14.3. The second-order valence-corrected chi connectivity index (χ2v) is 13.7. The number of amides is 1. The minimum atomic E-state index is -0.890. The Kier molecular flexibility index (Phi) is 10.2. The van der Waals surface area contributed by atoms with E-state index in [4.69, 9.17) is 14.5 Å². The molecule has 2 N–H and O–H groups in total. The van der Waals surface area contributed by atoms with Gasteiger partial charge in [-0.15, -0.1) is 0 Å². The number of rotatable bonds is 11. The number of pyridine rings is 1. The summed E-state index contributed by atoms with van der Waals surface area (Å²) in [5.41, 5.74) is 2.39. The number of fused-ring (bicyclic) bond motifs is 1. The zero-order valence-corrected chi connectivity index (χ0v) is 28.6. The normalized spacial score (nSPS) is 12.7. The molecular weight excluding hydrogens is 602 g/mol. The molecule has 0 aliphatic heterocycles. The fraction of sp³-hybridized carbons (Fsp3) is 0.333. The summed E-state index contributed by atoms with van der Waals surface area (Å²) in [4.78, 5) is 35.5. The van der Waals surface area contributed by atoms with Crippen LogP contribution in [-0.2, 0) is 19.8 Å². The third kappa shape index (κ3) is 7.85. The third-order valence-corrected chi connectivity index (χ3v) is 7.68. The number of nitrogens with one attached hydrogen (secondary N) is 2. The quantitative estimate of drug-likeness (QED) is 0.0860. The van der Waals surface area contributed by atoms with Gasteiger partial charge in [-0.1, -0.05) is 91.0 Å². The Labute approximate surface area is 282 Å². The average Bonchev–Trinajstić information content (AvgIpc) is 3.41. The number of alkyl carbamates (subject to hydrolysis) is 1. The van der Waals surface area contributed by atoms with Crippen LogP contribution in [0.2, 0.25) is 0 Å². The summed E-state index contributed by atoms with van der Waals surface area (Å²) in [6.45, 7) is 11.2. The van der Waals surface area contributed by atoms with Crippen molar-refractivity contribution in [1.29, 1.82) is 0 Å². The first-order chi connectivity index (χ1) is 22.9. The van der Waals surface area contributed by atoms with Gasteiger partial charge >= 0.3 is 12.1 Å². The monoisotopic (exact) mass is 647 g/mol. The van der Waals surface area contributed by atoms with Crippen LogP contribution >= 0.6 is 0 Å². The molecule has 0 aliphatic carbocycles. The van der Waals surface area contributed by atoms with E-state index in [-0.39, 0.29) is 0 Å². The summed E-state index contributed by atoms with van der Waals surface area (Å²) in [5.74, 6) is 0.107. The standard InChI is InChI=1S/C39H45N5O4/c1-37(2,3)47-34(45)31(42-36(46)48-38(4,5)6)24-16-27-41-35-43-33-32(25-17-26-40-33)44(35)39(28-18-10-7-11-19-28,29-20-12-8-13-21-29)30-22-14-9-15-23-30/h7-15,17-23,25-26,31H,16,24,27H2,1-6H3,(H,42,46)(H,40,41,43)/t31-/m0/s1. The number of benzene rings is 3. The van der Waals surface area contributed by atoms with Crippen molar-refractivity contribution >= 4 is 29.2 Å². The molecule has 0 aliphatic rings. The molecule has 1 amide bonds. The number of ether oxygens (including phenoxy) is 2. The molecule has 5 aromatic rings. The lowest BCUT2D eigenvalue weighted by atomic mass is 9.76. The number of carbonyl (C=O) groups is 2. The lowest BCUT2D eigenvalue weighted by Gasteiger charge is -2.39. The van der Waals surface area contributed by atoms with Crippen molar-refractivity contribution in [3.05, 3.63) is 126 Å². The van der Waals surface area contributed by atoms with Crippen LogP contribution in [0.15, 0.2) is 109 Å². The van der Waals surface area contributed by atoms with Crippen molar-refractivity contribution in [2.45, 2.75) is 77.2 Å². The molecule has 0 fully saturated rings. The summed E-state index contributed by atoms with van der Waals surface area (Å²) >= 11 is 0. The first-order valence-electron chi connectivity index (χ1n) is 16.4. The van der Waals surface area contributed by atoms with E-state index in [2.05, 4.69) is 93.0 Å². The first kappa shape index (κ1) is 34.2. The molecular formula is C39H45N5O4. The van der Waals surface area contributed by atoms with Crippen molar-refractivity contribution in [2.24, 2.45) is 0 Å². The molecule has 2 aromatic heterocycles. The van der Waals surface area contributed by atoms with Crippen molar-refractivity contribution in [1.82, 2.24) is 19.9 Å². The maximum Gasteiger partial charge on any atom is 0.408 e. The molecule has 0 radical (unpaired) electrons. The van der Waals surface area contributed by atoms with Gasteiger partial charge in [0.1, 0.15) is 22.8 Å². The molecule has 2 heterocycles. The zero-order chi connectivity index (χ0) is 34.4. The number of hydrogen-bond donors (Lipinski definition) is 2. The van der Waals surface area contributed by atoms with Gasteiger partial charge < -0.3 is 20.1 Å². The van der Waals surface area contributed by atoms with Crippen molar-refractivity contribution in [3.63, 3.8) is 0 Å². The number of imidazole rings is 1. The van der Waals surface area contributed by atoms with Crippen LogP contribution in [0.1, 0.15) is 71.1 Å². The Bertz CT molecular complexity index is 1710. The van der Waals surface area contributed by atoms with Gasteiger partial charge in [-0.25, -0.2) is 14.6 Å². The van der Waals surface area contributed by atoms with Gasteiger partial charge in [0.2, 0.25) is 5.95 Å². The molecule has 0 unspecified atom stereocenters. The van der Waals surface area contributed by atoms with E-state index in [1.807, 2.05) is 30.3 Å². The highest BCUT2D eigenvalue weighted by Gasteiger charge is 2.41. The van der Waals surface area contributed by atoms with E-state index in [0.29, 0.717) is 31.0 Å². The average molecular weight is 648 g/mol. The van der Waals surface area contributed by atoms with Crippen molar-refractivity contribution in [2.75, 3.05) is 11.9 Å². The summed E-state index contributed by atoms with van der Waals surface area (Å²) in [7, 11) is 0. The van der Waals surface area contributed by atoms with Crippen LogP contribution in [0.3, 0.4) is 0 Å². The fourth-order valence-corrected chi connectivity index (χ4v) is 5.88. The fourth-order valence-electron chi connectivity index (χ4n) is 5.88. The Hall–Kier alpha value is -5.18. The molecule has 9 nitrogen and oxygen atoms in total. The van der Waals surface area contributed by atoms with Gasteiger partial charge in [-0.05, 0) is 83.2 Å². The van der Waals surface area contributed by atoms with E-state index < -0.39 is 34.8 Å². The lowest BCUT2D eigenvalue weighted by Crippen LogP contribution is -2.46. The number of aromatic nitrogens is 3. The Balaban J connectivity index is 1.53. The molecule has 3 aromatic carbocycles. The van der Waals surface area contributed by atoms with Crippen LogP contribution in [-0.4, -0.2) is 50.4 Å². The largest absolute Gasteiger partial charge is 0.458 e. The van der Waals surface area contributed by atoms with E-state index in [1.165, 1.54) is 0 Å². The summed E-state index contributed by atoms with van der Waals surface area (Å²) in [6.07, 6.45) is 1.91. The maximum absolute atomic E-state index is 13.2. The van der Waals surface area contributed by atoms with E-state index in [1.54, 1.807) is 47.7 Å². The first-order valence-corrected chi connectivity index (χ1v) is 16.4. The predicted octanol–water partition coefficient (Wildman–Crippen LogP) is 7.70. The number of anilines is 1. The van der Waals surface area contributed by atoms with Crippen LogP contribution in [0.4, 0.5) is 10.7 Å². The van der Waals surface area contributed by atoms with Gasteiger partial charge in [0.15, 0.2) is 5.65 Å². The second-order valence-electron chi connectivity index (χ2n) is 13.7. The van der Waals surface area contributed by atoms with Gasteiger partial charge in [-0.3, -0.25) is 4.57 Å². The van der Waals surface area contributed by atoms with Crippen molar-refractivity contribution < 1.29 is 19.1 Å². The van der Waals surface area contributed by atoms with Crippen molar-refractivity contribution in [3.8, 4) is 0 Å². The van der Waals surface area contributed by atoms with E-state index >= 15 is 0 Å². The molecule has 1 atom stereocenters.